The molecule has 44 heavy (non-hydrogen) atoms. The lowest BCUT2D eigenvalue weighted by Crippen LogP contribution is -2.57. The van der Waals surface area contributed by atoms with Crippen LogP contribution in [0.4, 0.5) is 4.79 Å². The third-order valence-corrected chi connectivity index (χ3v) is 9.35. The van der Waals surface area contributed by atoms with Gasteiger partial charge in [0.1, 0.15) is 29.2 Å². The molecule has 2 amide bonds. The van der Waals surface area contributed by atoms with Crippen LogP contribution in [0.25, 0.3) is 11.0 Å². The molecule has 2 bridgehead atoms. The van der Waals surface area contributed by atoms with Gasteiger partial charge < -0.3 is 29.2 Å². The zero-order valence-electron chi connectivity index (χ0n) is 27.0. The fourth-order valence-corrected chi connectivity index (χ4v) is 6.72. The fourth-order valence-electron chi connectivity index (χ4n) is 6.72. The maximum atomic E-state index is 14.3. The van der Waals surface area contributed by atoms with Crippen molar-refractivity contribution in [3.63, 3.8) is 0 Å². The minimum atomic E-state index is -0.929. The molecule has 6 atom stereocenters. The molecule has 0 spiro atoms. The smallest absolute Gasteiger partial charge is 0.408 e. The van der Waals surface area contributed by atoms with Gasteiger partial charge in [0.15, 0.2) is 5.78 Å². The summed E-state index contributed by atoms with van der Waals surface area (Å²) in [5.41, 5.74) is 0.906. The van der Waals surface area contributed by atoms with Crippen molar-refractivity contribution in [1.82, 2.24) is 20.2 Å². The highest BCUT2D eigenvalue weighted by Crippen LogP contribution is 2.49. The first-order valence-electron chi connectivity index (χ1n) is 15.7. The van der Waals surface area contributed by atoms with Crippen LogP contribution in [0.2, 0.25) is 0 Å². The number of aromatic nitrogens is 2. The molecule has 2 aromatic rings. The number of carbonyl (C=O) groups is 3. The topological polar surface area (TPSA) is 129 Å². The van der Waals surface area contributed by atoms with Crippen LogP contribution in [-0.4, -0.2) is 83.8 Å². The minimum absolute atomic E-state index is 0.122. The Morgan fingerprint density at radius 2 is 1.91 bits per heavy atom. The maximum absolute atomic E-state index is 14.3. The second-order valence-corrected chi connectivity index (χ2v) is 13.8. The molecule has 2 fully saturated rings. The van der Waals surface area contributed by atoms with Crippen LogP contribution in [-0.2, 0) is 25.5 Å². The second-order valence-electron chi connectivity index (χ2n) is 13.8. The van der Waals surface area contributed by atoms with E-state index >= 15 is 0 Å². The normalized spacial score (nSPS) is 29.8. The van der Waals surface area contributed by atoms with Gasteiger partial charge in [-0.3, -0.25) is 9.59 Å². The Labute approximate surface area is 259 Å². The van der Waals surface area contributed by atoms with Gasteiger partial charge in [0, 0.05) is 25.0 Å². The Hall–Kier alpha value is -3.47. The summed E-state index contributed by atoms with van der Waals surface area (Å²) in [5, 5.41) is 2.86. The Morgan fingerprint density at radius 3 is 2.59 bits per heavy atom. The second kappa shape index (κ2) is 12.5. The average Bonchev–Trinajstić information content (AvgIpc) is 3.44. The van der Waals surface area contributed by atoms with Crippen LogP contribution < -0.4 is 14.8 Å². The van der Waals surface area contributed by atoms with E-state index in [9.17, 15) is 14.4 Å². The quantitative estimate of drug-likeness (QED) is 0.533. The Balaban J connectivity index is 1.56. The van der Waals surface area contributed by atoms with Gasteiger partial charge in [-0.2, -0.15) is 0 Å². The van der Waals surface area contributed by atoms with Crippen LogP contribution in [0.15, 0.2) is 18.2 Å². The van der Waals surface area contributed by atoms with E-state index in [1.165, 1.54) is 11.8 Å². The summed E-state index contributed by atoms with van der Waals surface area (Å²) in [7, 11) is 3.17. The van der Waals surface area contributed by atoms with E-state index in [1.807, 2.05) is 45.9 Å². The Morgan fingerprint density at radius 1 is 1.14 bits per heavy atom. The summed E-state index contributed by atoms with van der Waals surface area (Å²) in [6.45, 7) is 9.39. The first kappa shape index (κ1) is 31.9. The Kier molecular flexibility index (Phi) is 9.07. The number of hydrogen-bond acceptors (Lipinski definition) is 9. The number of benzene rings is 1. The summed E-state index contributed by atoms with van der Waals surface area (Å²) < 4.78 is 23.5. The van der Waals surface area contributed by atoms with Gasteiger partial charge in [0.2, 0.25) is 11.8 Å². The number of nitrogens with one attached hydrogen (secondary N) is 1. The lowest BCUT2D eigenvalue weighted by atomic mass is 9.85. The highest BCUT2D eigenvalue weighted by Gasteiger charge is 2.54. The van der Waals surface area contributed by atoms with Gasteiger partial charge in [0.05, 0.1) is 37.3 Å². The van der Waals surface area contributed by atoms with Crippen molar-refractivity contribution in [2.45, 2.75) is 96.9 Å². The number of hydrogen-bond donors (Lipinski definition) is 1. The standard InChI is InChI=1S/C33H46N4O7/c1-19(38)27-22(18-41-6)26-17-37(27)30(39)28(32(2,3)4)36-31(40)44-33(5)16-20(33)11-9-8-10-12-24-29(43-26)35-25-15-21(42-7)13-14-23(25)34-24/h13-15,20,22,26-28H,8-12,16-18H2,1-7H3,(H,36,40)/t20-,22-,26+,27-,28-,33-/m1/s1. The SMILES string of the molecule is COC[C@@H]1[C@@H]2CN(C(=O)[C@H](C(C)(C)C)NC(=O)O[C@]3(C)C[C@H]3CCCCCc3nc4ccc(OC)cc4nc3O2)[C@@H]1C(C)=O. The lowest BCUT2D eigenvalue weighted by molar-refractivity contribution is -0.142. The van der Waals surface area contributed by atoms with Gasteiger partial charge in [-0.15, -0.1) is 0 Å². The van der Waals surface area contributed by atoms with E-state index in [-0.39, 0.29) is 30.8 Å². The molecular formula is C33H46N4O7. The van der Waals surface area contributed by atoms with Crippen molar-refractivity contribution in [2.75, 3.05) is 27.4 Å². The number of ketones is 1. The minimum Gasteiger partial charge on any atom is -0.497 e. The molecule has 1 aromatic heterocycles. The van der Waals surface area contributed by atoms with Crippen LogP contribution in [0.3, 0.4) is 0 Å². The molecule has 1 aromatic carbocycles. The van der Waals surface area contributed by atoms with E-state index in [2.05, 4.69) is 5.32 Å². The molecule has 3 aliphatic rings. The van der Waals surface area contributed by atoms with Crippen LogP contribution in [0.1, 0.15) is 72.4 Å². The summed E-state index contributed by atoms with van der Waals surface area (Å²) >= 11 is 0. The first-order chi connectivity index (χ1) is 20.8. The zero-order valence-corrected chi connectivity index (χ0v) is 27.0. The van der Waals surface area contributed by atoms with Gasteiger partial charge >= 0.3 is 6.09 Å². The number of methoxy groups -OCH3 is 2. The number of Topliss-reactive ketones (excluding diaryl/α,β-unsaturated/α-hetero) is 1. The van der Waals surface area contributed by atoms with Gasteiger partial charge in [-0.1, -0.05) is 33.6 Å². The summed E-state index contributed by atoms with van der Waals surface area (Å²) in [5.74, 6) is 0.313. The number of fused-ring (bicyclic) bond motifs is 5. The number of ether oxygens (including phenoxy) is 4. The van der Waals surface area contributed by atoms with Gasteiger partial charge in [0.25, 0.3) is 0 Å². The monoisotopic (exact) mass is 610 g/mol. The number of aryl methyl sites for hydroxylation is 1. The molecule has 5 rings (SSSR count). The van der Waals surface area contributed by atoms with Crippen molar-refractivity contribution in [3.8, 4) is 11.6 Å². The Bertz CT molecular complexity index is 1410. The molecule has 240 valence electrons. The highest BCUT2D eigenvalue weighted by molar-refractivity contribution is 5.92. The zero-order chi connectivity index (χ0) is 31.8. The van der Waals surface area contributed by atoms with Gasteiger partial charge in [-0.05, 0) is 57.1 Å². The van der Waals surface area contributed by atoms with Crippen molar-refractivity contribution < 1.29 is 33.3 Å². The molecule has 11 nitrogen and oxygen atoms in total. The fraction of sp³-hybridized carbons (Fsp3) is 0.667. The molecule has 1 saturated carbocycles. The van der Waals surface area contributed by atoms with Crippen LogP contribution in [0, 0.1) is 17.3 Å². The van der Waals surface area contributed by atoms with Crippen molar-refractivity contribution in [2.24, 2.45) is 17.3 Å². The molecule has 0 unspecified atom stereocenters. The maximum Gasteiger partial charge on any atom is 0.408 e. The van der Waals surface area contributed by atoms with E-state index in [4.69, 9.17) is 28.9 Å². The van der Waals surface area contributed by atoms with Crippen LogP contribution in [0.5, 0.6) is 11.6 Å². The number of carbonyl (C=O) groups excluding carboxylic acids is 3. The predicted octanol–water partition coefficient (Wildman–Crippen LogP) is 4.48. The average molecular weight is 611 g/mol. The summed E-state index contributed by atoms with van der Waals surface area (Å²) in [6, 6.07) is 3.83. The molecular weight excluding hydrogens is 564 g/mol. The third kappa shape index (κ3) is 6.62. The van der Waals surface area contributed by atoms with E-state index in [1.54, 1.807) is 14.2 Å². The molecule has 1 aliphatic carbocycles. The van der Waals surface area contributed by atoms with E-state index in [0.717, 1.165) is 43.3 Å². The summed E-state index contributed by atoms with van der Waals surface area (Å²) in [4.78, 5) is 52.0. The molecule has 1 N–H and O–H groups in total. The number of nitrogens with zero attached hydrogens (tertiary/aromatic N) is 3. The summed E-state index contributed by atoms with van der Waals surface area (Å²) in [6.07, 6.45) is 4.07. The van der Waals surface area contributed by atoms with Crippen molar-refractivity contribution >= 4 is 28.8 Å². The lowest BCUT2D eigenvalue weighted by Gasteiger charge is -2.35. The number of rotatable bonds is 4. The number of amides is 2. The third-order valence-electron chi connectivity index (χ3n) is 9.35. The van der Waals surface area contributed by atoms with Crippen LogP contribution >= 0.6 is 0 Å². The largest absolute Gasteiger partial charge is 0.497 e. The van der Waals surface area contributed by atoms with E-state index in [0.29, 0.717) is 23.6 Å². The molecule has 2 aliphatic heterocycles. The van der Waals surface area contributed by atoms with Gasteiger partial charge in [-0.25, -0.2) is 14.8 Å². The first-order valence-corrected chi connectivity index (χ1v) is 15.7. The predicted molar refractivity (Wildman–Crippen MR) is 164 cm³/mol. The molecule has 3 heterocycles. The van der Waals surface area contributed by atoms with Crippen molar-refractivity contribution in [1.29, 1.82) is 0 Å². The molecule has 11 heteroatoms. The number of alkyl carbamates (subject to hydrolysis) is 1. The molecule has 1 saturated heterocycles. The van der Waals surface area contributed by atoms with E-state index < -0.39 is 41.2 Å². The molecule has 0 radical (unpaired) electrons. The highest BCUT2D eigenvalue weighted by atomic mass is 16.6. The van der Waals surface area contributed by atoms with Crippen molar-refractivity contribution in [3.05, 3.63) is 23.9 Å².